The summed E-state index contributed by atoms with van der Waals surface area (Å²) in [5.41, 5.74) is 0. The summed E-state index contributed by atoms with van der Waals surface area (Å²) in [5.74, 6) is -2.74. The number of carbonyl (C=O) groups excluding carboxylic acids is 5. The van der Waals surface area contributed by atoms with Crippen molar-refractivity contribution in [2.75, 3.05) is 25.1 Å². The van der Waals surface area contributed by atoms with Gasteiger partial charge in [-0.2, -0.15) is 0 Å². The number of nitrogens with one attached hydrogen (secondary N) is 2. The highest BCUT2D eigenvalue weighted by Crippen LogP contribution is 2.27. The minimum atomic E-state index is -1.19. The van der Waals surface area contributed by atoms with Gasteiger partial charge in [0.25, 0.3) is 0 Å². The molecule has 0 aromatic carbocycles. The number of halogens is 1. The number of rotatable bonds is 10. The average molecular weight is 511 g/mol. The number of hydrogen-bond donors (Lipinski definition) is 2. The maximum absolute atomic E-state index is 11.8. The van der Waals surface area contributed by atoms with Crippen molar-refractivity contribution in [2.45, 2.75) is 58.3 Å². The number of hydrogen-bond acceptors (Lipinski definition) is 10. The molecule has 0 bridgehead atoms. The average Bonchev–Trinajstić information content (AvgIpc) is 2.66. The summed E-state index contributed by atoms with van der Waals surface area (Å²) in [5, 5.41) is 5.27. The fourth-order valence-corrected chi connectivity index (χ4v) is 3.04. The molecule has 31 heavy (non-hydrogen) atoms. The summed E-state index contributed by atoms with van der Waals surface area (Å²) < 4.78 is 27.1. The molecule has 1 saturated heterocycles. The second-order valence-corrected chi connectivity index (χ2v) is 7.14. The van der Waals surface area contributed by atoms with E-state index in [0.717, 1.165) is 13.8 Å². The standard InChI is InChI=1S/C18H27BrN2O10/c1-9(22)21-15-17(30-12(4)25)16(29-11(3)24)13(8-28-10(2)23)31-18(15)27-6-5-20-14(26)7-19/h13,15-18H,5-8H2,1-4H3,(H,20,26)(H,21,22)/t13-,15-,16+,17-,18+/m1/s1. The lowest BCUT2D eigenvalue weighted by molar-refractivity contribution is -0.277. The van der Waals surface area contributed by atoms with Gasteiger partial charge in [-0.3, -0.25) is 24.0 Å². The molecule has 1 fully saturated rings. The molecule has 2 amide bonds. The third-order valence-corrected chi connectivity index (χ3v) is 4.41. The molecule has 0 unspecified atom stereocenters. The normalized spacial score (nSPS) is 25.1. The highest BCUT2D eigenvalue weighted by molar-refractivity contribution is 9.09. The van der Waals surface area contributed by atoms with Gasteiger partial charge in [-0.1, -0.05) is 15.9 Å². The van der Waals surface area contributed by atoms with Crippen molar-refractivity contribution in [2.24, 2.45) is 0 Å². The van der Waals surface area contributed by atoms with Crippen LogP contribution < -0.4 is 10.6 Å². The van der Waals surface area contributed by atoms with Gasteiger partial charge in [0.05, 0.1) is 11.9 Å². The Hall–Kier alpha value is -2.25. The molecule has 0 aliphatic carbocycles. The van der Waals surface area contributed by atoms with Crippen LogP contribution >= 0.6 is 15.9 Å². The Morgan fingerprint density at radius 1 is 0.935 bits per heavy atom. The first-order valence-electron chi connectivity index (χ1n) is 9.39. The Morgan fingerprint density at radius 3 is 2.06 bits per heavy atom. The molecule has 1 aliphatic heterocycles. The summed E-state index contributed by atoms with van der Waals surface area (Å²) in [6.07, 6.45) is -4.60. The Labute approximate surface area is 187 Å². The molecule has 0 radical (unpaired) electrons. The first kappa shape index (κ1) is 26.8. The fraction of sp³-hybridized carbons (Fsp3) is 0.722. The van der Waals surface area contributed by atoms with Gasteiger partial charge >= 0.3 is 17.9 Å². The van der Waals surface area contributed by atoms with E-state index in [4.69, 9.17) is 23.7 Å². The van der Waals surface area contributed by atoms with Crippen LogP contribution in [-0.2, 0) is 47.7 Å². The summed E-state index contributed by atoms with van der Waals surface area (Å²) in [4.78, 5) is 57.8. The van der Waals surface area contributed by atoms with Crippen molar-refractivity contribution in [1.82, 2.24) is 10.6 Å². The zero-order chi connectivity index (χ0) is 23.6. The van der Waals surface area contributed by atoms with E-state index in [1.807, 2.05) is 0 Å². The van der Waals surface area contributed by atoms with Gasteiger partial charge in [0, 0.05) is 34.2 Å². The maximum atomic E-state index is 11.8. The molecule has 12 nitrogen and oxygen atoms in total. The lowest BCUT2D eigenvalue weighted by Crippen LogP contribution is -2.66. The number of amides is 2. The molecule has 5 atom stereocenters. The first-order valence-corrected chi connectivity index (χ1v) is 10.5. The van der Waals surface area contributed by atoms with E-state index in [2.05, 4.69) is 26.6 Å². The third kappa shape index (κ3) is 9.61. The van der Waals surface area contributed by atoms with Crippen LogP contribution in [0.25, 0.3) is 0 Å². The van der Waals surface area contributed by atoms with Crippen LogP contribution in [0.3, 0.4) is 0 Å². The molecule has 0 spiro atoms. The van der Waals surface area contributed by atoms with Crippen LogP contribution in [0.4, 0.5) is 0 Å². The summed E-state index contributed by atoms with van der Waals surface area (Å²) in [6, 6.07) is -1.05. The highest BCUT2D eigenvalue weighted by Gasteiger charge is 2.51. The van der Waals surface area contributed by atoms with Gasteiger partial charge in [-0.25, -0.2) is 0 Å². The summed E-state index contributed by atoms with van der Waals surface area (Å²) >= 11 is 3.02. The molecular weight excluding hydrogens is 484 g/mol. The molecule has 2 N–H and O–H groups in total. The van der Waals surface area contributed by atoms with Gasteiger partial charge in [0.1, 0.15) is 18.8 Å². The Kier molecular flexibility index (Phi) is 11.4. The molecule has 176 valence electrons. The van der Waals surface area contributed by atoms with Crippen LogP contribution in [0, 0.1) is 0 Å². The summed E-state index contributed by atoms with van der Waals surface area (Å²) in [6.45, 7) is 4.53. The van der Waals surface area contributed by atoms with E-state index in [0.29, 0.717) is 0 Å². The van der Waals surface area contributed by atoms with Gasteiger partial charge in [0.15, 0.2) is 18.5 Å². The number of esters is 3. The van der Waals surface area contributed by atoms with E-state index in [1.165, 1.54) is 13.8 Å². The molecule has 0 saturated carbocycles. The van der Waals surface area contributed by atoms with Crippen LogP contribution in [0.15, 0.2) is 0 Å². The molecule has 1 aliphatic rings. The molecule has 13 heteroatoms. The third-order valence-electron chi connectivity index (χ3n) is 3.90. The zero-order valence-corrected chi connectivity index (χ0v) is 19.3. The fourth-order valence-electron chi connectivity index (χ4n) is 2.85. The van der Waals surface area contributed by atoms with Gasteiger partial charge in [-0.05, 0) is 0 Å². The largest absolute Gasteiger partial charge is 0.463 e. The van der Waals surface area contributed by atoms with Gasteiger partial charge in [0.2, 0.25) is 11.8 Å². The SMILES string of the molecule is CC(=O)N[C@H]1[C@@H](OCCNC(=O)CBr)O[C@H](COC(C)=O)[C@H](OC(C)=O)[C@@H]1OC(C)=O. The van der Waals surface area contributed by atoms with Crippen molar-refractivity contribution in [1.29, 1.82) is 0 Å². The van der Waals surface area contributed by atoms with Gasteiger partial charge < -0.3 is 34.3 Å². The lowest BCUT2D eigenvalue weighted by atomic mass is 9.96. The Balaban J connectivity index is 3.14. The van der Waals surface area contributed by atoms with Crippen LogP contribution in [0.1, 0.15) is 27.7 Å². The predicted molar refractivity (Wildman–Crippen MR) is 107 cm³/mol. The number of ether oxygens (including phenoxy) is 5. The smallest absolute Gasteiger partial charge is 0.303 e. The minimum absolute atomic E-state index is 0.00913. The van der Waals surface area contributed by atoms with Crippen molar-refractivity contribution < 1.29 is 47.7 Å². The van der Waals surface area contributed by atoms with E-state index in [1.54, 1.807) is 0 Å². The van der Waals surface area contributed by atoms with Gasteiger partial charge in [-0.15, -0.1) is 0 Å². The summed E-state index contributed by atoms with van der Waals surface area (Å²) in [7, 11) is 0. The topological polar surface area (TPSA) is 156 Å². The van der Waals surface area contributed by atoms with E-state index in [-0.39, 0.29) is 31.0 Å². The van der Waals surface area contributed by atoms with Crippen molar-refractivity contribution in [3.63, 3.8) is 0 Å². The molecule has 0 aromatic rings. The number of alkyl halides is 1. The maximum Gasteiger partial charge on any atom is 0.303 e. The zero-order valence-electron chi connectivity index (χ0n) is 17.7. The quantitative estimate of drug-likeness (QED) is 0.164. The molecule has 0 aromatic heterocycles. The predicted octanol–water partition coefficient (Wildman–Crippen LogP) is -0.830. The second-order valence-electron chi connectivity index (χ2n) is 6.57. The molecule has 1 rings (SSSR count). The van der Waals surface area contributed by atoms with Crippen molar-refractivity contribution in [3.8, 4) is 0 Å². The first-order chi connectivity index (χ1) is 14.5. The minimum Gasteiger partial charge on any atom is -0.463 e. The van der Waals surface area contributed by atoms with E-state index < -0.39 is 54.5 Å². The lowest BCUT2D eigenvalue weighted by Gasteiger charge is -2.44. The van der Waals surface area contributed by atoms with Crippen LogP contribution in [0.5, 0.6) is 0 Å². The Morgan fingerprint density at radius 2 is 1.55 bits per heavy atom. The highest BCUT2D eigenvalue weighted by atomic mass is 79.9. The van der Waals surface area contributed by atoms with E-state index >= 15 is 0 Å². The monoisotopic (exact) mass is 510 g/mol. The number of carbonyl (C=O) groups is 5. The van der Waals surface area contributed by atoms with Crippen molar-refractivity contribution in [3.05, 3.63) is 0 Å². The second kappa shape index (κ2) is 13.2. The van der Waals surface area contributed by atoms with Crippen LogP contribution in [-0.4, -0.2) is 85.5 Å². The van der Waals surface area contributed by atoms with E-state index in [9.17, 15) is 24.0 Å². The van der Waals surface area contributed by atoms with Crippen molar-refractivity contribution >= 4 is 45.7 Å². The molecular formula is C18H27BrN2O10. The van der Waals surface area contributed by atoms with Crippen LogP contribution in [0.2, 0.25) is 0 Å². The Bertz CT molecular complexity index is 674. The molecule has 1 heterocycles.